The predicted octanol–water partition coefficient (Wildman–Crippen LogP) is -2.54. The second-order valence-corrected chi connectivity index (χ2v) is 3.23. The first kappa shape index (κ1) is 13.7. The van der Waals surface area contributed by atoms with Gasteiger partial charge in [-0.3, -0.25) is 4.59 Å². The zero-order chi connectivity index (χ0) is 8.20. The molecule has 0 fully saturated rings. The Morgan fingerprint density at radius 1 is 1.36 bits per heavy atom. The lowest BCUT2D eigenvalue weighted by molar-refractivity contribution is -0.983. The smallest absolute Gasteiger partial charge is 0.0855 e. The van der Waals surface area contributed by atoms with Crippen molar-refractivity contribution < 1.29 is 28.6 Å². The average Bonchev–Trinajstić information content (AvgIpc) is 1.80. The van der Waals surface area contributed by atoms with Crippen LogP contribution in [-0.2, 0) is 0 Å². The lowest BCUT2D eigenvalue weighted by atomic mass is 10.4. The summed E-state index contributed by atoms with van der Waals surface area (Å²) in [5.74, 6) is 0. The molecule has 0 atom stereocenters. The van der Waals surface area contributed by atoms with Crippen LogP contribution in [0.4, 0.5) is 0 Å². The average molecular weight is 269 g/mol. The number of quaternary nitrogens is 1. The standard InChI is InChI=1S/C7H16N3.HI/c1-9(7-5-6-8)10(2,3)4;/h5,7H2,1-4H3;1H/q+1;/p-1. The Morgan fingerprint density at radius 3 is 2.09 bits per heavy atom. The quantitative estimate of drug-likeness (QED) is 0.321. The molecule has 3 nitrogen and oxygen atoms in total. The first-order chi connectivity index (χ1) is 4.48. The van der Waals surface area contributed by atoms with Crippen molar-refractivity contribution in [2.45, 2.75) is 6.42 Å². The van der Waals surface area contributed by atoms with Crippen LogP contribution in [-0.4, -0.2) is 44.3 Å². The largest absolute Gasteiger partial charge is 1.00 e. The molecule has 0 aromatic rings. The SMILES string of the molecule is CN(CCC#N)[N+](C)(C)C.[I-]. The number of nitrogens with zero attached hydrogens (tertiary/aromatic N) is 3. The Morgan fingerprint density at radius 2 is 1.82 bits per heavy atom. The van der Waals surface area contributed by atoms with Gasteiger partial charge in [-0.05, 0) is 0 Å². The number of nitriles is 1. The Hall–Kier alpha value is 0.140. The zero-order valence-electron chi connectivity index (χ0n) is 7.63. The van der Waals surface area contributed by atoms with Gasteiger partial charge in [0.25, 0.3) is 0 Å². The fraction of sp³-hybridized carbons (Fsp3) is 0.857. The van der Waals surface area contributed by atoms with Crippen molar-refractivity contribution in [2.24, 2.45) is 0 Å². The monoisotopic (exact) mass is 269 g/mol. The molecular formula is C7H16IN3. The highest BCUT2D eigenvalue weighted by atomic mass is 127. The molecule has 0 heterocycles. The van der Waals surface area contributed by atoms with Gasteiger partial charge >= 0.3 is 0 Å². The van der Waals surface area contributed by atoms with Gasteiger partial charge in [0.15, 0.2) is 0 Å². The van der Waals surface area contributed by atoms with E-state index in [9.17, 15) is 0 Å². The summed E-state index contributed by atoms with van der Waals surface area (Å²) >= 11 is 0. The van der Waals surface area contributed by atoms with Gasteiger partial charge in [0.2, 0.25) is 0 Å². The molecule has 4 heteroatoms. The lowest BCUT2D eigenvalue weighted by Gasteiger charge is -2.32. The maximum absolute atomic E-state index is 8.30. The molecule has 0 saturated heterocycles. The van der Waals surface area contributed by atoms with Crippen LogP contribution in [0.3, 0.4) is 0 Å². The highest BCUT2D eigenvalue weighted by molar-refractivity contribution is 4.68. The summed E-state index contributed by atoms with van der Waals surface area (Å²) in [6.45, 7) is 0.833. The summed E-state index contributed by atoms with van der Waals surface area (Å²) in [6.07, 6.45) is 0.603. The minimum absolute atomic E-state index is 0. The molecule has 0 saturated carbocycles. The molecular weight excluding hydrogens is 253 g/mol. The normalized spacial score (nSPS) is 10.5. The van der Waals surface area contributed by atoms with Crippen molar-refractivity contribution >= 4 is 0 Å². The molecule has 0 aromatic heterocycles. The van der Waals surface area contributed by atoms with E-state index in [1.54, 1.807) is 0 Å². The van der Waals surface area contributed by atoms with Crippen LogP contribution >= 0.6 is 0 Å². The zero-order valence-corrected chi connectivity index (χ0v) is 9.79. The maximum Gasteiger partial charge on any atom is 0.0855 e. The van der Waals surface area contributed by atoms with Crippen molar-refractivity contribution in [3.05, 3.63) is 0 Å². The van der Waals surface area contributed by atoms with Crippen LogP contribution in [0.25, 0.3) is 0 Å². The number of hydrogen-bond acceptors (Lipinski definition) is 2. The number of rotatable bonds is 3. The van der Waals surface area contributed by atoms with E-state index in [-0.39, 0.29) is 24.0 Å². The third-order valence-corrected chi connectivity index (χ3v) is 1.57. The Labute approximate surface area is 86.2 Å². The maximum atomic E-state index is 8.30. The van der Waals surface area contributed by atoms with E-state index in [1.165, 1.54) is 0 Å². The van der Waals surface area contributed by atoms with Crippen molar-refractivity contribution in [1.82, 2.24) is 5.01 Å². The van der Waals surface area contributed by atoms with E-state index in [2.05, 4.69) is 32.2 Å². The second kappa shape index (κ2) is 5.75. The van der Waals surface area contributed by atoms with Crippen LogP contribution in [0.15, 0.2) is 0 Å². The summed E-state index contributed by atoms with van der Waals surface area (Å²) in [7, 11) is 8.25. The molecule has 0 amide bonds. The molecule has 0 N–H and O–H groups in total. The molecule has 0 aliphatic carbocycles. The molecule has 66 valence electrons. The van der Waals surface area contributed by atoms with Crippen LogP contribution in [0.1, 0.15) is 6.42 Å². The minimum atomic E-state index is 0. The van der Waals surface area contributed by atoms with E-state index in [4.69, 9.17) is 5.26 Å². The van der Waals surface area contributed by atoms with Gasteiger partial charge < -0.3 is 24.0 Å². The van der Waals surface area contributed by atoms with Gasteiger partial charge in [-0.1, -0.05) is 0 Å². The second-order valence-electron chi connectivity index (χ2n) is 3.23. The molecule has 0 radical (unpaired) electrons. The summed E-state index contributed by atoms with van der Waals surface area (Å²) in [5, 5.41) is 10.4. The molecule has 0 unspecified atom stereocenters. The Balaban J connectivity index is 0. The fourth-order valence-electron chi connectivity index (χ4n) is 0.512. The molecule has 0 aromatic carbocycles. The Bertz CT molecular complexity index is 134. The molecule has 0 aliphatic rings. The van der Waals surface area contributed by atoms with Crippen LogP contribution in [0.2, 0.25) is 0 Å². The van der Waals surface area contributed by atoms with Crippen LogP contribution in [0, 0.1) is 11.3 Å². The summed E-state index contributed by atoms with van der Waals surface area (Å²) < 4.78 is 0.779. The lowest BCUT2D eigenvalue weighted by Crippen LogP contribution is -3.00. The molecule has 0 spiro atoms. The van der Waals surface area contributed by atoms with E-state index in [1.807, 2.05) is 7.05 Å². The Kier molecular flexibility index (Phi) is 7.16. The van der Waals surface area contributed by atoms with E-state index >= 15 is 0 Å². The van der Waals surface area contributed by atoms with Crippen molar-refractivity contribution in [3.63, 3.8) is 0 Å². The van der Waals surface area contributed by atoms with E-state index < -0.39 is 0 Å². The molecule has 0 rings (SSSR count). The van der Waals surface area contributed by atoms with Gasteiger partial charge in [-0.15, -0.1) is 0 Å². The third kappa shape index (κ3) is 6.53. The van der Waals surface area contributed by atoms with Gasteiger partial charge in [-0.2, -0.15) is 10.3 Å². The topological polar surface area (TPSA) is 27.0 Å². The molecule has 11 heavy (non-hydrogen) atoms. The summed E-state index contributed by atoms with van der Waals surface area (Å²) in [4.78, 5) is 0. The van der Waals surface area contributed by atoms with Crippen molar-refractivity contribution in [3.8, 4) is 6.07 Å². The van der Waals surface area contributed by atoms with Crippen molar-refractivity contribution in [1.29, 1.82) is 5.26 Å². The predicted molar refractivity (Wildman–Crippen MR) is 40.9 cm³/mol. The first-order valence-electron chi connectivity index (χ1n) is 3.38. The highest BCUT2D eigenvalue weighted by Gasteiger charge is 2.13. The van der Waals surface area contributed by atoms with Crippen LogP contribution in [0.5, 0.6) is 0 Å². The van der Waals surface area contributed by atoms with Crippen LogP contribution < -0.4 is 24.0 Å². The number of hydrogen-bond donors (Lipinski definition) is 0. The van der Waals surface area contributed by atoms with Gasteiger partial charge in [0.05, 0.1) is 40.2 Å². The molecule has 0 aliphatic heterocycles. The number of halogens is 1. The van der Waals surface area contributed by atoms with Crippen molar-refractivity contribution in [2.75, 3.05) is 34.7 Å². The molecule has 0 bridgehead atoms. The summed E-state index contributed by atoms with van der Waals surface area (Å²) in [5.41, 5.74) is 0. The van der Waals surface area contributed by atoms with E-state index in [0.29, 0.717) is 6.42 Å². The van der Waals surface area contributed by atoms with E-state index in [0.717, 1.165) is 11.1 Å². The third-order valence-electron chi connectivity index (χ3n) is 1.57. The summed E-state index contributed by atoms with van der Waals surface area (Å²) in [6, 6.07) is 2.12. The van der Waals surface area contributed by atoms with Gasteiger partial charge in [0.1, 0.15) is 0 Å². The highest BCUT2D eigenvalue weighted by Crippen LogP contribution is 1.97. The first-order valence-corrected chi connectivity index (χ1v) is 3.38. The van der Waals surface area contributed by atoms with Gasteiger partial charge in [-0.25, -0.2) is 0 Å². The minimum Gasteiger partial charge on any atom is -1.00 e. The van der Waals surface area contributed by atoms with Gasteiger partial charge in [0, 0.05) is 7.05 Å². The fourth-order valence-corrected chi connectivity index (χ4v) is 0.512.